The van der Waals surface area contributed by atoms with Crippen LogP contribution >= 0.6 is 35.0 Å². The first kappa shape index (κ1) is 17.4. The number of rotatable bonds is 4. The highest BCUT2D eigenvalue weighted by Gasteiger charge is 2.39. The van der Waals surface area contributed by atoms with Gasteiger partial charge in [-0.3, -0.25) is 4.79 Å². The summed E-state index contributed by atoms with van der Waals surface area (Å²) in [5, 5.41) is 3.51. The fraction of sp³-hybridized carbons (Fsp3) is 0.562. The summed E-state index contributed by atoms with van der Waals surface area (Å²) in [5.41, 5.74) is 1.06. The van der Waals surface area contributed by atoms with Gasteiger partial charge >= 0.3 is 0 Å². The van der Waals surface area contributed by atoms with E-state index in [1.165, 1.54) is 26.2 Å². The Morgan fingerprint density at radius 2 is 2.04 bits per heavy atom. The third kappa shape index (κ3) is 3.97. The van der Waals surface area contributed by atoms with Gasteiger partial charge in [-0.1, -0.05) is 29.3 Å². The largest absolute Gasteiger partial charge is 0.337 e. The standard InChI is InChI=1S/C16H21Cl2N3OS/c1-11-15(22)21(9-8-20-6-4-19-5-7-20)16(23-11)12-2-3-13(17)14(18)10-12/h2-3,10-11,16,19H,4-9H2,1H3/p+2/t11-,16+/m1/s1. The molecule has 2 aliphatic heterocycles. The molecule has 3 N–H and O–H groups in total. The summed E-state index contributed by atoms with van der Waals surface area (Å²) in [6, 6.07) is 5.69. The molecule has 23 heavy (non-hydrogen) atoms. The third-order valence-electron chi connectivity index (χ3n) is 4.59. The number of halogens is 2. The van der Waals surface area contributed by atoms with Gasteiger partial charge in [-0.25, -0.2) is 0 Å². The van der Waals surface area contributed by atoms with Gasteiger partial charge in [-0.2, -0.15) is 0 Å². The lowest BCUT2D eigenvalue weighted by Gasteiger charge is -2.28. The molecule has 0 unspecified atom stereocenters. The molecule has 2 fully saturated rings. The van der Waals surface area contributed by atoms with Crippen LogP contribution in [-0.4, -0.2) is 55.3 Å². The molecule has 7 heteroatoms. The second kappa shape index (κ2) is 7.62. The number of amides is 1. The van der Waals surface area contributed by atoms with E-state index in [0.717, 1.165) is 18.7 Å². The Morgan fingerprint density at radius 3 is 2.74 bits per heavy atom. The second-order valence-corrected chi connectivity index (χ2v) is 8.44. The summed E-state index contributed by atoms with van der Waals surface area (Å²) in [7, 11) is 0. The van der Waals surface area contributed by atoms with Gasteiger partial charge in [0.25, 0.3) is 0 Å². The summed E-state index contributed by atoms with van der Waals surface area (Å²) in [5.74, 6) is 0.231. The lowest BCUT2D eigenvalue weighted by Crippen LogP contribution is -3.20. The maximum atomic E-state index is 12.5. The van der Waals surface area contributed by atoms with E-state index in [2.05, 4.69) is 5.32 Å². The molecule has 2 aliphatic rings. The van der Waals surface area contributed by atoms with Crippen molar-refractivity contribution in [1.82, 2.24) is 4.90 Å². The highest BCUT2D eigenvalue weighted by molar-refractivity contribution is 8.01. The quantitative estimate of drug-likeness (QED) is 0.800. The molecule has 126 valence electrons. The van der Waals surface area contributed by atoms with Crippen LogP contribution in [0.5, 0.6) is 0 Å². The molecule has 0 aromatic heterocycles. The van der Waals surface area contributed by atoms with E-state index >= 15 is 0 Å². The Hall–Kier alpha value is -0.460. The van der Waals surface area contributed by atoms with Crippen molar-refractivity contribution in [2.45, 2.75) is 17.5 Å². The zero-order chi connectivity index (χ0) is 16.4. The van der Waals surface area contributed by atoms with E-state index in [1.807, 2.05) is 30.0 Å². The molecule has 1 amide bonds. The monoisotopic (exact) mass is 375 g/mol. The topological polar surface area (TPSA) is 41.4 Å². The minimum Gasteiger partial charge on any atom is -0.337 e. The van der Waals surface area contributed by atoms with E-state index in [0.29, 0.717) is 10.0 Å². The number of hydrogen-bond donors (Lipinski definition) is 2. The van der Waals surface area contributed by atoms with Crippen LogP contribution < -0.4 is 10.2 Å². The Balaban J connectivity index is 1.72. The maximum absolute atomic E-state index is 12.5. The van der Waals surface area contributed by atoms with Crippen LogP contribution in [0, 0.1) is 0 Å². The third-order valence-corrected chi connectivity index (χ3v) is 6.72. The molecule has 1 aromatic carbocycles. The summed E-state index contributed by atoms with van der Waals surface area (Å²) < 4.78 is 0. The normalized spacial score (nSPS) is 26.0. The Kier molecular flexibility index (Phi) is 5.75. The fourth-order valence-corrected chi connectivity index (χ4v) is 4.84. The zero-order valence-electron chi connectivity index (χ0n) is 13.2. The number of nitrogens with two attached hydrogens (primary N) is 1. The smallest absolute Gasteiger partial charge is 0.236 e. The van der Waals surface area contributed by atoms with Gasteiger partial charge < -0.3 is 15.1 Å². The van der Waals surface area contributed by atoms with E-state index in [-0.39, 0.29) is 16.5 Å². The molecule has 2 heterocycles. The maximum Gasteiger partial charge on any atom is 0.236 e. The number of nitrogens with zero attached hydrogens (tertiary/aromatic N) is 1. The average molecular weight is 376 g/mol. The van der Waals surface area contributed by atoms with Crippen molar-refractivity contribution in [2.24, 2.45) is 0 Å². The summed E-state index contributed by atoms with van der Waals surface area (Å²) in [6.45, 7) is 8.54. The van der Waals surface area contributed by atoms with E-state index in [9.17, 15) is 4.79 Å². The molecule has 1 aromatic rings. The number of piperazine rings is 1. The Labute approximate surface area is 151 Å². The second-order valence-electron chi connectivity index (χ2n) is 6.20. The van der Waals surface area contributed by atoms with Crippen LogP contribution in [0.1, 0.15) is 17.9 Å². The molecule has 0 radical (unpaired) electrons. The molecule has 0 spiro atoms. The van der Waals surface area contributed by atoms with Crippen molar-refractivity contribution in [3.8, 4) is 0 Å². The summed E-state index contributed by atoms with van der Waals surface area (Å²) in [6.07, 6.45) is 0. The van der Waals surface area contributed by atoms with Crippen molar-refractivity contribution < 1.29 is 15.0 Å². The number of carbonyl (C=O) groups excluding carboxylic acids is 1. The van der Waals surface area contributed by atoms with Crippen LogP contribution in [-0.2, 0) is 4.79 Å². The van der Waals surface area contributed by atoms with Crippen LogP contribution in [0.15, 0.2) is 18.2 Å². The number of carbonyl (C=O) groups is 1. The molecule has 2 atom stereocenters. The van der Waals surface area contributed by atoms with Crippen LogP contribution in [0.2, 0.25) is 10.0 Å². The highest BCUT2D eigenvalue weighted by Crippen LogP contribution is 2.43. The highest BCUT2D eigenvalue weighted by atomic mass is 35.5. The van der Waals surface area contributed by atoms with Gasteiger partial charge in [-0.15, -0.1) is 11.8 Å². The molecular formula is C16H23Cl2N3OS+2. The van der Waals surface area contributed by atoms with Gasteiger partial charge in [0.2, 0.25) is 5.91 Å². The molecule has 4 nitrogen and oxygen atoms in total. The predicted molar refractivity (Wildman–Crippen MR) is 95.2 cm³/mol. The first-order chi connectivity index (χ1) is 11.1. The molecule has 0 saturated carbocycles. The van der Waals surface area contributed by atoms with Crippen molar-refractivity contribution in [3.05, 3.63) is 33.8 Å². The molecule has 2 saturated heterocycles. The van der Waals surface area contributed by atoms with Crippen molar-refractivity contribution in [3.63, 3.8) is 0 Å². The van der Waals surface area contributed by atoms with Crippen LogP contribution in [0.3, 0.4) is 0 Å². The molecular weight excluding hydrogens is 353 g/mol. The van der Waals surface area contributed by atoms with Gasteiger partial charge in [0, 0.05) is 0 Å². The fourth-order valence-electron chi connectivity index (χ4n) is 3.24. The molecule has 3 rings (SSSR count). The molecule has 0 bridgehead atoms. The molecule has 0 aliphatic carbocycles. The lowest BCUT2D eigenvalue weighted by atomic mass is 10.2. The Bertz CT molecular complexity index is 580. The van der Waals surface area contributed by atoms with Crippen molar-refractivity contribution in [1.29, 1.82) is 0 Å². The van der Waals surface area contributed by atoms with E-state index in [4.69, 9.17) is 23.2 Å². The van der Waals surface area contributed by atoms with Gasteiger partial charge in [0.1, 0.15) is 31.6 Å². The van der Waals surface area contributed by atoms with E-state index < -0.39 is 0 Å². The number of hydrogen-bond acceptors (Lipinski definition) is 2. The summed E-state index contributed by atoms with van der Waals surface area (Å²) >= 11 is 13.9. The van der Waals surface area contributed by atoms with Crippen LogP contribution in [0.25, 0.3) is 0 Å². The predicted octanol–water partition coefficient (Wildman–Crippen LogP) is 0.418. The SMILES string of the molecule is C[C@H]1S[C@@H](c2ccc(Cl)c(Cl)c2)N(CC[NH+]2CC[NH2+]CC2)C1=O. The van der Waals surface area contributed by atoms with E-state index in [1.54, 1.807) is 16.7 Å². The minimum absolute atomic E-state index is 0.000794. The average Bonchev–Trinajstić information content (AvgIpc) is 2.84. The van der Waals surface area contributed by atoms with Gasteiger partial charge in [0.15, 0.2) is 0 Å². The number of thioether (sulfide) groups is 1. The van der Waals surface area contributed by atoms with Crippen LogP contribution in [0.4, 0.5) is 0 Å². The zero-order valence-corrected chi connectivity index (χ0v) is 15.6. The number of nitrogens with one attached hydrogen (secondary N) is 1. The summed E-state index contributed by atoms with van der Waals surface area (Å²) in [4.78, 5) is 16.2. The first-order valence-corrected chi connectivity index (χ1v) is 9.82. The minimum atomic E-state index is -0.000794. The Morgan fingerprint density at radius 1 is 1.30 bits per heavy atom. The first-order valence-electron chi connectivity index (χ1n) is 8.12. The lowest BCUT2D eigenvalue weighted by molar-refractivity contribution is -0.946. The number of benzene rings is 1. The van der Waals surface area contributed by atoms with Gasteiger partial charge in [-0.05, 0) is 24.6 Å². The van der Waals surface area contributed by atoms with Gasteiger partial charge in [0.05, 0.1) is 28.4 Å². The number of quaternary nitrogens is 2. The van der Waals surface area contributed by atoms with Crippen molar-refractivity contribution in [2.75, 3.05) is 39.3 Å². The van der Waals surface area contributed by atoms with Crippen molar-refractivity contribution >= 4 is 40.9 Å².